The van der Waals surface area contributed by atoms with Gasteiger partial charge in [-0.2, -0.15) is 0 Å². The fraction of sp³-hybridized carbons (Fsp3) is 0.562. The molecule has 7 heteroatoms. The van der Waals surface area contributed by atoms with Crippen LogP contribution in [0.4, 0.5) is 0 Å². The van der Waals surface area contributed by atoms with Crippen LogP contribution >= 0.6 is 0 Å². The van der Waals surface area contributed by atoms with Crippen LogP contribution in [0.2, 0.25) is 0 Å². The summed E-state index contributed by atoms with van der Waals surface area (Å²) in [5.41, 5.74) is 0.968. The van der Waals surface area contributed by atoms with Gasteiger partial charge in [0.1, 0.15) is 0 Å². The Bertz CT molecular complexity index is 650. The highest BCUT2D eigenvalue weighted by Gasteiger charge is 2.27. The van der Waals surface area contributed by atoms with Crippen LogP contribution in [-0.2, 0) is 21.2 Å². The van der Waals surface area contributed by atoms with Gasteiger partial charge in [-0.1, -0.05) is 12.1 Å². The van der Waals surface area contributed by atoms with Crippen molar-refractivity contribution in [2.75, 3.05) is 19.6 Å². The summed E-state index contributed by atoms with van der Waals surface area (Å²) in [4.78, 5) is 12.1. The summed E-state index contributed by atoms with van der Waals surface area (Å²) in [7, 11) is -3.39. The Balaban J connectivity index is 1.45. The SMILES string of the molecule is O=C(CCc1ccc(S(=O)(=O)NC2CC2)cc1)NCC1CNC1. The van der Waals surface area contributed by atoms with E-state index < -0.39 is 10.0 Å². The molecule has 0 bridgehead atoms. The number of sulfonamides is 1. The van der Waals surface area contributed by atoms with Crippen molar-refractivity contribution < 1.29 is 13.2 Å². The zero-order valence-corrected chi connectivity index (χ0v) is 13.9. The molecule has 1 amide bonds. The molecule has 1 aliphatic carbocycles. The van der Waals surface area contributed by atoms with Crippen LogP contribution in [0.15, 0.2) is 29.2 Å². The Kier molecular flexibility index (Phi) is 4.99. The van der Waals surface area contributed by atoms with Crippen LogP contribution < -0.4 is 15.4 Å². The van der Waals surface area contributed by atoms with Crippen molar-refractivity contribution in [3.63, 3.8) is 0 Å². The largest absolute Gasteiger partial charge is 0.356 e. The summed E-state index contributed by atoms with van der Waals surface area (Å²) in [5, 5.41) is 6.10. The van der Waals surface area contributed by atoms with Crippen LogP contribution in [-0.4, -0.2) is 40.0 Å². The lowest BCUT2D eigenvalue weighted by molar-refractivity contribution is -0.121. The highest BCUT2D eigenvalue weighted by molar-refractivity contribution is 7.89. The predicted molar refractivity (Wildman–Crippen MR) is 87.5 cm³/mol. The molecule has 23 heavy (non-hydrogen) atoms. The maximum Gasteiger partial charge on any atom is 0.240 e. The number of hydrogen-bond donors (Lipinski definition) is 3. The number of amides is 1. The van der Waals surface area contributed by atoms with Crippen molar-refractivity contribution in [1.29, 1.82) is 0 Å². The van der Waals surface area contributed by atoms with E-state index in [0.717, 1.165) is 38.0 Å². The highest BCUT2D eigenvalue weighted by Crippen LogP contribution is 2.22. The average molecular weight is 337 g/mol. The maximum absolute atomic E-state index is 12.1. The van der Waals surface area contributed by atoms with Gasteiger partial charge >= 0.3 is 0 Å². The molecule has 1 saturated carbocycles. The van der Waals surface area contributed by atoms with Crippen molar-refractivity contribution in [1.82, 2.24) is 15.4 Å². The molecule has 3 N–H and O–H groups in total. The first-order valence-corrected chi connectivity index (χ1v) is 9.60. The predicted octanol–water partition coefficient (Wildman–Crippen LogP) is 0.396. The van der Waals surface area contributed by atoms with Crippen LogP contribution in [0.1, 0.15) is 24.8 Å². The van der Waals surface area contributed by atoms with Gasteiger partial charge < -0.3 is 10.6 Å². The molecule has 1 aromatic rings. The van der Waals surface area contributed by atoms with E-state index in [1.807, 2.05) is 0 Å². The van der Waals surface area contributed by atoms with E-state index in [-0.39, 0.29) is 16.8 Å². The molecule has 126 valence electrons. The van der Waals surface area contributed by atoms with Crippen molar-refractivity contribution in [3.05, 3.63) is 29.8 Å². The van der Waals surface area contributed by atoms with Gasteiger partial charge in [-0.05, 0) is 37.0 Å². The molecule has 6 nitrogen and oxygen atoms in total. The zero-order chi connectivity index (χ0) is 16.3. The molecule has 0 radical (unpaired) electrons. The zero-order valence-electron chi connectivity index (χ0n) is 13.0. The van der Waals surface area contributed by atoms with E-state index in [1.54, 1.807) is 24.3 Å². The molecule has 0 aromatic heterocycles. The molecule has 2 fully saturated rings. The van der Waals surface area contributed by atoms with E-state index in [1.165, 1.54) is 0 Å². The topological polar surface area (TPSA) is 87.3 Å². The Hall–Kier alpha value is -1.44. The second-order valence-electron chi connectivity index (χ2n) is 6.37. The molecule has 1 saturated heterocycles. The Morgan fingerprint density at radius 2 is 1.87 bits per heavy atom. The summed E-state index contributed by atoms with van der Waals surface area (Å²) < 4.78 is 26.8. The second kappa shape index (κ2) is 6.98. The molecule has 0 atom stereocenters. The molecule has 1 aromatic carbocycles. The first kappa shape index (κ1) is 16.4. The van der Waals surface area contributed by atoms with Gasteiger partial charge in [-0.25, -0.2) is 13.1 Å². The number of nitrogens with one attached hydrogen (secondary N) is 3. The lowest BCUT2D eigenvalue weighted by Crippen LogP contribution is -2.48. The number of carbonyl (C=O) groups is 1. The monoisotopic (exact) mass is 337 g/mol. The van der Waals surface area contributed by atoms with Crippen molar-refractivity contribution in [2.24, 2.45) is 5.92 Å². The minimum absolute atomic E-state index is 0.0454. The normalized spacial score (nSPS) is 18.4. The van der Waals surface area contributed by atoms with Gasteiger partial charge in [0.2, 0.25) is 15.9 Å². The quantitative estimate of drug-likeness (QED) is 0.641. The average Bonchev–Trinajstić information content (AvgIpc) is 3.27. The first-order chi connectivity index (χ1) is 11.0. The third-order valence-corrected chi connectivity index (χ3v) is 5.76. The fourth-order valence-corrected chi connectivity index (χ4v) is 3.73. The first-order valence-electron chi connectivity index (χ1n) is 8.11. The van der Waals surface area contributed by atoms with E-state index in [2.05, 4.69) is 15.4 Å². The van der Waals surface area contributed by atoms with Gasteiger partial charge in [0.15, 0.2) is 0 Å². The standard InChI is InChI=1S/C16H23N3O3S/c20-16(18-11-13-9-17-10-13)8-3-12-1-6-15(7-2-12)23(21,22)19-14-4-5-14/h1-2,6-7,13-14,17,19H,3-5,8-11H2,(H,18,20). The number of aryl methyl sites for hydroxylation is 1. The van der Waals surface area contributed by atoms with Gasteiger partial charge in [-0.3, -0.25) is 4.79 Å². The molecule has 1 heterocycles. The fourth-order valence-electron chi connectivity index (χ4n) is 2.42. The minimum Gasteiger partial charge on any atom is -0.356 e. The minimum atomic E-state index is -3.39. The van der Waals surface area contributed by atoms with Crippen LogP contribution in [0.3, 0.4) is 0 Å². The Morgan fingerprint density at radius 3 is 2.43 bits per heavy atom. The number of benzene rings is 1. The van der Waals surface area contributed by atoms with Gasteiger partial charge in [0, 0.05) is 38.0 Å². The molecule has 1 aliphatic heterocycles. The van der Waals surface area contributed by atoms with Crippen LogP contribution in [0.25, 0.3) is 0 Å². The second-order valence-corrected chi connectivity index (χ2v) is 8.08. The molecule has 0 spiro atoms. The summed E-state index contributed by atoms with van der Waals surface area (Å²) in [6, 6.07) is 6.89. The van der Waals surface area contributed by atoms with E-state index in [4.69, 9.17) is 0 Å². The van der Waals surface area contributed by atoms with Crippen molar-refractivity contribution in [2.45, 2.75) is 36.6 Å². The van der Waals surface area contributed by atoms with E-state index >= 15 is 0 Å². The summed E-state index contributed by atoms with van der Waals surface area (Å²) in [6.07, 6.45) is 2.88. The summed E-state index contributed by atoms with van der Waals surface area (Å²) >= 11 is 0. The lowest BCUT2D eigenvalue weighted by atomic mass is 10.0. The van der Waals surface area contributed by atoms with E-state index in [0.29, 0.717) is 18.8 Å². The van der Waals surface area contributed by atoms with Crippen molar-refractivity contribution >= 4 is 15.9 Å². The summed E-state index contributed by atoms with van der Waals surface area (Å²) in [5.74, 6) is 0.603. The number of rotatable bonds is 8. The third kappa shape index (κ3) is 4.76. The highest BCUT2D eigenvalue weighted by atomic mass is 32.2. The number of hydrogen-bond acceptors (Lipinski definition) is 4. The van der Waals surface area contributed by atoms with Gasteiger partial charge in [-0.15, -0.1) is 0 Å². The molecule has 2 aliphatic rings. The maximum atomic E-state index is 12.1. The number of carbonyl (C=O) groups excluding carboxylic acids is 1. The van der Waals surface area contributed by atoms with Crippen molar-refractivity contribution in [3.8, 4) is 0 Å². The molecule has 0 unspecified atom stereocenters. The smallest absolute Gasteiger partial charge is 0.240 e. The molecular weight excluding hydrogens is 314 g/mol. The van der Waals surface area contributed by atoms with Crippen LogP contribution in [0.5, 0.6) is 0 Å². The lowest BCUT2D eigenvalue weighted by Gasteiger charge is -2.27. The van der Waals surface area contributed by atoms with Crippen LogP contribution in [0, 0.1) is 5.92 Å². The Morgan fingerprint density at radius 1 is 1.17 bits per heavy atom. The summed E-state index contributed by atoms with van der Waals surface area (Å²) in [6.45, 7) is 2.69. The third-order valence-electron chi connectivity index (χ3n) is 4.23. The molecular formula is C16H23N3O3S. The van der Waals surface area contributed by atoms with Gasteiger partial charge in [0.25, 0.3) is 0 Å². The molecule has 3 rings (SSSR count). The van der Waals surface area contributed by atoms with Gasteiger partial charge in [0.05, 0.1) is 4.90 Å². The van der Waals surface area contributed by atoms with E-state index in [9.17, 15) is 13.2 Å². The Labute approximate surface area is 137 Å².